The highest BCUT2D eigenvalue weighted by atomic mass is 16.5. The fourth-order valence-electron chi connectivity index (χ4n) is 2.09. The highest BCUT2D eigenvalue weighted by Crippen LogP contribution is 2.30. The lowest BCUT2D eigenvalue weighted by Gasteiger charge is -2.11. The van der Waals surface area contributed by atoms with Crippen LogP contribution >= 0.6 is 0 Å². The predicted octanol–water partition coefficient (Wildman–Crippen LogP) is 2.64. The summed E-state index contributed by atoms with van der Waals surface area (Å²) in [5, 5.41) is 4.37. The molecule has 0 saturated heterocycles. The number of nitrogens with two attached hydrogens (primary N) is 1. The van der Waals surface area contributed by atoms with Gasteiger partial charge in [0.1, 0.15) is 11.4 Å². The van der Waals surface area contributed by atoms with Crippen LogP contribution in [0.4, 0.5) is 0 Å². The SMILES string of the molecule is Cc1ccc(CCN)cc1Oc1c(C)nn(C)c1C. The van der Waals surface area contributed by atoms with Crippen molar-refractivity contribution in [3.63, 3.8) is 0 Å². The molecule has 0 bridgehead atoms. The second kappa shape index (κ2) is 5.45. The Morgan fingerprint density at radius 3 is 2.58 bits per heavy atom. The van der Waals surface area contributed by atoms with E-state index < -0.39 is 0 Å². The molecule has 0 unspecified atom stereocenters. The molecule has 1 aromatic carbocycles. The molecule has 0 spiro atoms. The maximum atomic E-state index is 6.05. The third-order valence-corrected chi connectivity index (χ3v) is 3.34. The minimum atomic E-state index is 0.646. The van der Waals surface area contributed by atoms with Crippen LogP contribution in [-0.2, 0) is 13.5 Å². The van der Waals surface area contributed by atoms with Crippen LogP contribution in [0, 0.1) is 20.8 Å². The predicted molar refractivity (Wildman–Crippen MR) is 76.7 cm³/mol. The van der Waals surface area contributed by atoms with Crippen LogP contribution in [0.5, 0.6) is 11.5 Å². The Labute approximate surface area is 114 Å². The van der Waals surface area contributed by atoms with Crippen molar-refractivity contribution in [3.8, 4) is 11.5 Å². The molecule has 0 amide bonds. The van der Waals surface area contributed by atoms with Gasteiger partial charge in [-0.15, -0.1) is 0 Å². The zero-order chi connectivity index (χ0) is 14.0. The molecule has 0 fully saturated rings. The normalized spacial score (nSPS) is 10.8. The van der Waals surface area contributed by atoms with Gasteiger partial charge in [0.15, 0.2) is 5.75 Å². The van der Waals surface area contributed by atoms with E-state index in [1.807, 2.05) is 32.5 Å². The van der Waals surface area contributed by atoms with Crippen molar-refractivity contribution in [2.75, 3.05) is 6.54 Å². The van der Waals surface area contributed by atoms with Crippen LogP contribution < -0.4 is 10.5 Å². The average Bonchev–Trinajstić information content (AvgIpc) is 2.60. The third kappa shape index (κ3) is 2.79. The van der Waals surface area contributed by atoms with Crippen molar-refractivity contribution < 1.29 is 4.74 Å². The molecule has 102 valence electrons. The Balaban J connectivity index is 2.34. The molecule has 0 aliphatic heterocycles. The Morgan fingerprint density at radius 1 is 1.26 bits per heavy atom. The first-order valence-corrected chi connectivity index (χ1v) is 6.50. The number of hydrogen-bond donors (Lipinski definition) is 1. The molecule has 1 aromatic heterocycles. The van der Waals surface area contributed by atoms with Crippen molar-refractivity contribution >= 4 is 0 Å². The van der Waals surface area contributed by atoms with Gasteiger partial charge in [0.2, 0.25) is 0 Å². The largest absolute Gasteiger partial charge is 0.453 e. The summed E-state index contributed by atoms with van der Waals surface area (Å²) in [5.74, 6) is 1.72. The zero-order valence-corrected chi connectivity index (χ0v) is 12.0. The van der Waals surface area contributed by atoms with Gasteiger partial charge < -0.3 is 10.5 Å². The van der Waals surface area contributed by atoms with E-state index in [0.29, 0.717) is 6.54 Å². The van der Waals surface area contributed by atoms with Crippen molar-refractivity contribution in [2.45, 2.75) is 27.2 Å². The van der Waals surface area contributed by atoms with Gasteiger partial charge in [-0.25, -0.2) is 0 Å². The molecule has 1 heterocycles. The van der Waals surface area contributed by atoms with E-state index in [0.717, 1.165) is 34.9 Å². The van der Waals surface area contributed by atoms with E-state index in [4.69, 9.17) is 10.5 Å². The molecule has 0 atom stereocenters. The van der Waals surface area contributed by atoms with Gasteiger partial charge >= 0.3 is 0 Å². The first kappa shape index (κ1) is 13.6. The minimum Gasteiger partial charge on any atom is -0.453 e. The molecule has 0 saturated carbocycles. The van der Waals surface area contributed by atoms with E-state index in [9.17, 15) is 0 Å². The van der Waals surface area contributed by atoms with Crippen LogP contribution in [0.15, 0.2) is 18.2 Å². The molecule has 2 aromatic rings. The molecule has 0 aliphatic rings. The molecule has 0 aliphatic carbocycles. The fraction of sp³-hybridized carbons (Fsp3) is 0.400. The van der Waals surface area contributed by atoms with Crippen molar-refractivity contribution in [1.29, 1.82) is 0 Å². The first-order valence-electron chi connectivity index (χ1n) is 6.50. The van der Waals surface area contributed by atoms with E-state index >= 15 is 0 Å². The number of aryl methyl sites for hydroxylation is 3. The number of ether oxygens (including phenoxy) is 1. The fourth-order valence-corrected chi connectivity index (χ4v) is 2.09. The van der Waals surface area contributed by atoms with Gasteiger partial charge in [0.05, 0.1) is 5.69 Å². The highest BCUT2D eigenvalue weighted by molar-refractivity contribution is 5.42. The summed E-state index contributed by atoms with van der Waals surface area (Å²) < 4.78 is 7.89. The van der Waals surface area contributed by atoms with Crippen LogP contribution in [0.3, 0.4) is 0 Å². The van der Waals surface area contributed by atoms with Gasteiger partial charge in [0, 0.05) is 7.05 Å². The lowest BCUT2D eigenvalue weighted by Crippen LogP contribution is -2.03. The summed E-state index contributed by atoms with van der Waals surface area (Å²) >= 11 is 0. The van der Waals surface area contributed by atoms with E-state index in [2.05, 4.69) is 23.3 Å². The maximum absolute atomic E-state index is 6.05. The third-order valence-electron chi connectivity index (χ3n) is 3.34. The highest BCUT2D eigenvalue weighted by Gasteiger charge is 2.13. The van der Waals surface area contributed by atoms with E-state index in [-0.39, 0.29) is 0 Å². The summed E-state index contributed by atoms with van der Waals surface area (Å²) in [6.45, 7) is 6.66. The molecule has 0 radical (unpaired) electrons. The standard InChI is InChI=1S/C15H21N3O/c1-10-5-6-13(7-8-16)9-14(10)19-15-11(2)17-18(4)12(15)3/h5-6,9H,7-8,16H2,1-4H3. The number of nitrogens with zero attached hydrogens (tertiary/aromatic N) is 2. The van der Waals surface area contributed by atoms with Crippen molar-refractivity contribution in [1.82, 2.24) is 9.78 Å². The molecular weight excluding hydrogens is 238 g/mol. The molecule has 2 N–H and O–H groups in total. The summed E-state index contributed by atoms with van der Waals surface area (Å²) in [6.07, 6.45) is 0.863. The maximum Gasteiger partial charge on any atom is 0.171 e. The van der Waals surface area contributed by atoms with Gasteiger partial charge in [-0.2, -0.15) is 5.10 Å². The topological polar surface area (TPSA) is 53.1 Å². The summed E-state index contributed by atoms with van der Waals surface area (Å²) in [5.41, 5.74) is 9.84. The molecule has 2 rings (SSSR count). The number of aromatic nitrogens is 2. The van der Waals surface area contributed by atoms with Gasteiger partial charge in [0.25, 0.3) is 0 Å². The quantitative estimate of drug-likeness (QED) is 0.918. The monoisotopic (exact) mass is 259 g/mol. The zero-order valence-electron chi connectivity index (χ0n) is 12.0. The van der Waals surface area contributed by atoms with Crippen molar-refractivity contribution in [2.24, 2.45) is 12.8 Å². The van der Waals surface area contributed by atoms with Crippen LogP contribution in [0.1, 0.15) is 22.5 Å². The summed E-state index contributed by atoms with van der Waals surface area (Å²) in [6, 6.07) is 6.23. The van der Waals surface area contributed by atoms with Gasteiger partial charge in [-0.3, -0.25) is 4.68 Å². The average molecular weight is 259 g/mol. The van der Waals surface area contributed by atoms with E-state index in [1.54, 1.807) is 0 Å². The van der Waals surface area contributed by atoms with Crippen LogP contribution in [0.25, 0.3) is 0 Å². The number of rotatable bonds is 4. The Kier molecular flexibility index (Phi) is 3.90. The van der Waals surface area contributed by atoms with Gasteiger partial charge in [-0.05, 0) is 50.9 Å². The lowest BCUT2D eigenvalue weighted by atomic mass is 10.1. The molecule has 4 heteroatoms. The van der Waals surface area contributed by atoms with Crippen molar-refractivity contribution in [3.05, 3.63) is 40.7 Å². The van der Waals surface area contributed by atoms with E-state index in [1.165, 1.54) is 5.56 Å². The second-order valence-electron chi connectivity index (χ2n) is 4.86. The van der Waals surface area contributed by atoms with Crippen LogP contribution in [-0.4, -0.2) is 16.3 Å². The molecule has 19 heavy (non-hydrogen) atoms. The Hall–Kier alpha value is -1.81. The number of benzene rings is 1. The first-order chi connectivity index (χ1) is 9.02. The molecular formula is C15H21N3O. The van der Waals surface area contributed by atoms with Gasteiger partial charge in [-0.1, -0.05) is 12.1 Å². The van der Waals surface area contributed by atoms with Crippen LogP contribution in [0.2, 0.25) is 0 Å². The Morgan fingerprint density at radius 2 is 2.00 bits per heavy atom. The summed E-state index contributed by atoms with van der Waals surface area (Å²) in [7, 11) is 1.92. The second-order valence-corrected chi connectivity index (χ2v) is 4.86. The lowest BCUT2D eigenvalue weighted by molar-refractivity contribution is 0.470. The summed E-state index contributed by atoms with van der Waals surface area (Å²) in [4.78, 5) is 0. The smallest absolute Gasteiger partial charge is 0.171 e. The minimum absolute atomic E-state index is 0.646. The Bertz CT molecular complexity index is 587. The molecule has 4 nitrogen and oxygen atoms in total. The number of hydrogen-bond acceptors (Lipinski definition) is 3.